The van der Waals surface area contributed by atoms with Gasteiger partial charge in [0.1, 0.15) is 17.9 Å². The first-order valence-corrected chi connectivity index (χ1v) is 16.8. The van der Waals surface area contributed by atoms with Crippen LogP contribution < -0.4 is 14.8 Å². The Morgan fingerprint density at radius 2 is 1.64 bits per heavy atom. The lowest BCUT2D eigenvalue weighted by Crippen LogP contribution is -2.43. The minimum atomic E-state index is -0.983. The molecule has 2 atom stereocenters. The number of anilines is 1. The number of benzene rings is 3. The second kappa shape index (κ2) is 14.4. The molecule has 0 bridgehead atoms. The molecule has 2 aromatic carbocycles. The lowest BCUT2D eigenvalue weighted by atomic mass is 9.90. The first-order valence-electron chi connectivity index (χ1n) is 16.8. The third-order valence-corrected chi connectivity index (χ3v) is 9.55. The molecule has 3 aliphatic heterocycles. The summed E-state index contributed by atoms with van der Waals surface area (Å²) >= 11 is 0. The maximum Gasteiger partial charge on any atom is 0.336 e. The summed E-state index contributed by atoms with van der Waals surface area (Å²) in [5.41, 5.74) is 4.25. The Kier molecular flexibility index (Phi) is 9.90. The molecule has 0 aromatic heterocycles. The SMILES string of the molecule is CC(=O)OCCC1CCCCN1c1ccc2c(-c3ccccc3C(=O)O)c3ccc(=[N+]4CCCCC4CCOC(C)=O)cc-3oc2c1. The van der Waals surface area contributed by atoms with E-state index in [2.05, 4.69) is 33.7 Å². The summed E-state index contributed by atoms with van der Waals surface area (Å²) in [5, 5.41) is 12.0. The van der Waals surface area contributed by atoms with E-state index < -0.39 is 5.97 Å². The minimum Gasteiger partial charge on any atom is -0.478 e. The average molecular weight is 640 g/mol. The average Bonchev–Trinajstić information content (AvgIpc) is 3.07. The van der Waals surface area contributed by atoms with E-state index in [1.165, 1.54) is 13.8 Å². The number of rotatable bonds is 9. The molecule has 9 heteroatoms. The topological polar surface area (TPSA) is 109 Å². The van der Waals surface area contributed by atoms with Crippen molar-refractivity contribution in [1.29, 1.82) is 0 Å². The Morgan fingerprint density at radius 1 is 0.872 bits per heavy atom. The molecular formula is C38H43N2O7+. The van der Waals surface area contributed by atoms with E-state index in [4.69, 9.17) is 13.9 Å². The van der Waals surface area contributed by atoms with E-state index in [0.717, 1.165) is 92.0 Å². The number of aromatic carboxylic acids is 1. The summed E-state index contributed by atoms with van der Waals surface area (Å²) in [6.07, 6.45) is 7.94. The second-order valence-corrected chi connectivity index (χ2v) is 12.6. The van der Waals surface area contributed by atoms with Crippen molar-refractivity contribution in [2.75, 3.05) is 31.2 Å². The molecule has 6 rings (SSSR count). The van der Waals surface area contributed by atoms with Gasteiger partial charge >= 0.3 is 17.9 Å². The molecule has 246 valence electrons. The standard InChI is InChI=1S/C38H42N2O7/c1-25(41)45-21-17-27-9-5-7-19-39(27)29-13-15-33-35(23-29)47-36-24-30(40-20-8-6-10-28(40)18-22-46-26(2)42)14-16-34(36)37(33)31-11-3-4-12-32(31)38(43)44/h3-4,11-16,23-24,27-28H,5-10,17-22H2,1-2H3/p+1. The van der Waals surface area contributed by atoms with E-state index in [0.29, 0.717) is 30.1 Å². The number of esters is 2. The molecule has 1 aliphatic carbocycles. The second-order valence-electron chi connectivity index (χ2n) is 12.6. The molecule has 0 spiro atoms. The van der Waals surface area contributed by atoms with Crippen LogP contribution in [0.1, 0.15) is 75.6 Å². The van der Waals surface area contributed by atoms with Crippen LogP contribution in [0.3, 0.4) is 0 Å². The predicted molar refractivity (Wildman–Crippen MR) is 180 cm³/mol. The van der Waals surface area contributed by atoms with Gasteiger partial charge in [0.25, 0.3) is 0 Å². The van der Waals surface area contributed by atoms with Crippen LogP contribution in [0, 0.1) is 0 Å². The van der Waals surface area contributed by atoms with Crippen LogP contribution >= 0.6 is 0 Å². The highest BCUT2D eigenvalue weighted by Crippen LogP contribution is 2.42. The normalized spacial score (nSPS) is 19.5. The molecule has 9 nitrogen and oxygen atoms in total. The van der Waals surface area contributed by atoms with Crippen molar-refractivity contribution in [3.05, 3.63) is 71.6 Å². The van der Waals surface area contributed by atoms with Crippen molar-refractivity contribution in [3.8, 4) is 22.5 Å². The number of hydrogen-bond acceptors (Lipinski definition) is 7. The molecule has 2 aromatic rings. The van der Waals surface area contributed by atoms with Crippen LogP contribution in [0.15, 0.2) is 65.1 Å². The van der Waals surface area contributed by atoms with Crippen molar-refractivity contribution >= 4 is 34.6 Å². The van der Waals surface area contributed by atoms with Gasteiger partial charge in [-0.05, 0) is 55.5 Å². The van der Waals surface area contributed by atoms with Crippen LogP contribution in [0.5, 0.6) is 0 Å². The van der Waals surface area contributed by atoms with Gasteiger partial charge in [-0.3, -0.25) is 9.59 Å². The quantitative estimate of drug-likeness (QED) is 0.126. The van der Waals surface area contributed by atoms with Gasteiger partial charge in [-0.2, -0.15) is 0 Å². The highest BCUT2D eigenvalue weighted by Gasteiger charge is 2.28. The summed E-state index contributed by atoms with van der Waals surface area (Å²) in [4.78, 5) is 37.6. The number of carboxylic acid groups (broad SMARTS) is 1. The van der Waals surface area contributed by atoms with Crippen LogP contribution in [-0.4, -0.2) is 61.4 Å². The molecular weight excluding hydrogens is 596 g/mol. The van der Waals surface area contributed by atoms with Crippen molar-refractivity contribution in [2.45, 2.75) is 77.3 Å². The van der Waals surface area contributed by atoms with Crippen LogP contribution in [-0.2, 0) is 19.1 Å². The predicted octanol–water partition coefficient (Wildman–Crippen LogP) is 6.49. The zero-order valence-corrected chi connectivity index (χ0v) is 27.2. The van der Waals surface area contributed by atoms with E-state index in [1.54, 1.807) is 12.1 Å². The number of hydrogen-bond donors (Lipinski definition) is 1. The highest BCUT2D eigenvalue weighted by atomic mass is 16.5. The van der Waals surface area contributed by atoms with E-state index in [1.807, 2.05) is 24.3 Å². The van der Waals surface area contributed by atoms with Crippen molar-refractivity contribution in [2.24, 2.45) is 0 Å². The fraction of sp³-hybridized carbons (Fsp3) is 0.421. The lowest BCUT2D eigenvalue weighted by Gasteiger charge is -2.37. The number of carboxylic acids is 1. The van der Waals surface area contributed by atoms with E-state index in [9.17, 15) is 19.5 Å². The monoisotopic (exact) mass is 639 g/mol. The smallest absolute Gasteiger partial charge is 0.336 e. The third kappa shape index (κ3) is 7.19. The van der Waals surface area contributed by atoms with Crippen molar-refractivity contribution in [1.82, 2.24) is 4.58 Å². The van der Waals surface area contributed by atoms with Crippen molar-refractivity contribution in [3.63, 3.8) is 0 Å². The Hall–Kier alpha value is -4.66. The zero-order valence-electron chi connectivity index (χ0n) is 27.2. The Balaban J connectivity index is 1.50. The Bertz CT molecular complexity index is 1830. The van der Waals surface area contributed by atoms with Gasteiger partial charge in [-0.25, -0.2) is 9.37 Å². The summed E-state index contributed by atoms with van der Waals surface area (Å²) < 4.78 is 19.7. The Labute approximate surface area is 274 Å². The van der Waals surface area contributed by atoms with Gasteiger partial charge in [0, 0.05) is 86.5 Å². The number of fused-ring (bicyclic) bond motifs is 2. The molecule has 2 unspecified atom stereocenters. The largest absolute Gasteiger partial charge is 0.478 e. The van der Waals surface area contributed by atoms with Gasteiger partial charge in [-0.15, -0.1) is 0 Å². The maximum atomic E-state index is 12.4. The molecule has 47 heavy (non-hydrogen) atoms. The van der Waals surface area contributed by atoms with Crippen LogP contribution in [0.25, 0.3) is 33.4 Å². The molecule has 4 aliphatic rings. The molecule has 0 radical (unpaired) electrons. The summed E-state index contributed by atoms with van der Waals surface area (Å²) in [5.74, 6) is -0.837. The van der Waals surface area contributed by atoms with Gasteiger partial charge in [0.2, 0.25) is 5.36 Å². The molecule has 2 saturated heterocycles. The number of ether oxygens (including phenoxy) is 2. The number of carbonyl (C=O) groups is 3. The first-order chi connectivity index (χ1) is 22.8. The van der Waals surface area contributed by atoms with Gasteiger partial charge < -0.3 is 23.9 Å². The fourth-order valence-corrected chi connectivity index (χ4v) is 7.36. The molecule has 0 amide bonds. The number of carbonyl (C=O) groups excluding carboxylic acids is 2. The highest BCUT2D eigenvalue weighted by molar-refractivity contribution is 6.07. The van der Waals surface area contributed by atoms with Crippen LogP contribution in [0.2, 0.25) is 0 Å². The van der Waals surface area contributed by atoms with Gasteiger partial charge in [0.15, 0.2) is 6.04 Å². The molecule has 0 saturated carbocycles. The van der Waals surface area contributed by atoms with Gasteiger partial charge in [-0.1, -0.05) is 18.2 Å². The molecule has 3 heterocycles. The third-order valence-electron chi connectivity index (χ3n) is 9.55. The molecule has 2 fully saturated rings. The van der Waals surface area contributed by atoms with Gasteiger partial charge in [0.05, 0.1) is 24.8 Å². The minimum absolute atomic E-state index is 0.234. The zero-order chi connectivity index (χ0) is 32.9. The fourth-order valence-electron chi connectivity index (χ4n) is 7.36. The lowest BCUT2D eigenvalue weighted by molar-refractivity contribution is -0.142. The molecule has 1 N–H and O–H groups in total. The summed E-state index contributed by atoms with van der Waals surface area (Å²) in [6.45, 7) is 5.44. The van der Waals surface area contributed by atoms with E-state index in [-0.39, 0.29) is 29.6 Å². The number of nitrogens with zero attached hydrogens (tertiary/aromatic N) is 2. The van der Waals surface area contributed by atoms with E-state index >= 15 is 0 Å². The maximum absolute atomic E-state index is 12.4. The first kappa shape index (κ1) is 32.3. The van der Waals surface area contributed by atoms with Crippen molar-refractivity contribution < 1.29 is 33.4 Å². The Morgan fingerprint density at radius 3 is 2.43 bits per heavy atom. The summed E-state index contributed by atoms with van der Waals surface area (Å²) in [7, 11) is 0. The summed E-state index contributed by atoms with van der Waals surface area (Å²) in [6, 6.07) is 20.0. The van der Waals surface area contributed by atoms with Crippen LogP contribution in [0.4, 0.5) is 5.69 Å². The number of piperidine rings is 2.